The quantitative estimate of drug-likeness (QED) is 0.00971. The van der Waals surface area contributed by atoms with Crippen LogP contribution in [0.15, 0.2) is 183 Å². The van der Waals surface area contributed by atoms with E-state index in [-0.39, 0.29) is 82.5 Å². The topological polar surface area (TPSA) is 357 Å². The number of likely N-dealkylation sites (tertiary alicyclic amines) is 4. The van der Waals surface area contributed by atoms with Gasteiger partial charge in [-0.1, -0.05) is 94.9 Å². The van der Waals surface area contributed by atoms with Crippen molar-refractivity contribution in [2.45, 2.75) is 163 Å². The number of carbonyl (C=O) groups is 5. The molecule has 4 atom stereocenters. The number of nitriles is 1. The fraction of sp³-hybridized carbons (Fsp3) is 0.406. The zero-order valence-corrected chi connectivity index (χ0v) is 85.2. The van der Waals surface area contributed by atoms with E-state index in [2.05, 4.69) is 52.2 Å². The molecule has 4 unspecified atom stereocenters. The monoisotopic (exact) mass is 2090 g/mol. The van der Waals surface area contributed by atoms with Crippen LogP contribution in [0.5, 0.6) is 23.0 Å². The van der Waals surface area contributed by atoms with Crippen LogP contribution in [0.1, 0.15) is 101 Å². The van der Waals surface area contributed by atoms with Gasteiger partial charge in [-0.15, -0.1) is 0 Å². The van der Waals surface area contributed by atoms with Gasteiger partial charge in [-0.05, 0) is 147 Å². The van der Waals surface area contributed by atoms with Crippen molar-refractivity contribution in [3.63, 3.8) is 0 Å². The van der Waals surface area contributed by atoms with Crippen molar-refractivity contribution in [2.75, 3.05) is 139 Å². The Morgan fingerprint density at radius 2 is 0.810 bits per heavy atom. The Morgan fingerprint density at radius 3 is 1.14 bits per heavy atom. The van der Waals surface area contributed by atoms with E-state index < -0.39 is 58.1 Å². The summed E-state index contributed by atoms with van der Waals surface area (Å²) < 4.78 is 106. The predicted molar refractivity (Wildman–Crippen MR) is 549 cm³/mol. The number of aromatic nitrogens is 4. The maximum absolute atomic E-state index is 13.5. The number of halogens is 8. The Balaban J connectivity index is 0.000000150. The molecule has 147 heavy (non-hydrogen) atoms. The largest absolute Gasteiger partial charge is 0.476 e. The van der Waals surface area contributed by atoms with Gasteiger partial charge in [0, 0.05) is 175 Å². The maximum atomic E-state index is 13.5. The van der Waals surface area contributed by atoms with Crippen molar-refractivity contribution < 1.29 is 84.2 Å². The van der Waals surface area contributed by atoms with Crippen LogP contribution in [0.2, 0.25) is 20.1 Å². The fourth-order valence-electron chi connectivity index (χ4n) is 18.6. The number of anilines is 6. The van der Waals surface area contributed by atoms with E-state index in [0.29, 0.717) is 216 Å². The lowest BCUT2D eigenvalue weighted by Crippen LogP contribution is -2.55. The Bertz CT molecular complexity index is 6230. The summed E-state index contributed by atoms with van der Waals surface area (Å²) in [4.78, 5) is 86.1. The first-order valence-corrected chi connectivity index (χ1v) is 49.3. The molecule has 774 valence electrons. The summed E-state index contributed by atoms with van der Waals surface area (Å²) in [5.74, 6) is 5.52. The number of fused-ring (bicyclic) bond motifs is 4. The van der Waals surface area contributed by atoms with Gasteiger partial charge in [0.1, 0.15) is 51.9 Å². The third-order valence-corrected chi connectivity index (χ3v) is 28.2. The highest BCUT2D eigenvalue weighted by Gasteiger charge is 2.49. The van der Waals surface area contributed by atoms with E-state index in [0.717, 1.165) is 33.6 Å². The number of carbonyl (C=O) groups excluding carboxylic acids is 5. The number of hydrogen-bond acceptors (Lipinski definition) is 23. The van der Waals surface area contributed by atoms with E-state index in [1.807, 2.05) is 0 Å². The molecule has 8 aromatic carbocycles. The maximum Gasteiger partial charge on any atom is 0.415 e. The molecule has 33 nitrogen and oxygen atoms in total. The number of nitrogens with one attached hydrogen (secondary N) is 4. The first-order chi connectivity index (χ1) is 70.5. The van der Waals surface area contributed by atoms with Crippen LogP contribution < -0.4 is 56.8 Å². The minimum atomic E-state index is -0.974. The SMILES string of the molecule is COC(CC(OC)OC)OC.N#CC1(Cc2ccc(F)cc2)CCN(C(=O)C2CNc3cc(Cl)c(-n4cccn4)cc3O2)CC1.[C-]#[N+]C1(Cc2ccc(F)cc2)CCN(C(=O)C2CN(C(=O)OC(C)(C)C)c3cc(Cl)c(N)cc3O2)CC1.[C-]#[N+]C1(Cc2ccc(F)cc2)CCN(C(=O)C2CNc3cc(Cl)c(-n4cccn4)cc3O2)CC1.[C-]#[N+]C1(Cc2ccc(F)cc2)CCN(C(=O)C2CNc3cc(Cl)c(NN)cc3O2)CC1. The highest BCUT2D eigenvalue weighted by molar-refractivity contribution is 6.34. The number of hydrazine groups is 1. The summed E-state index contributed by atoms with van der Waals surface area (Å²) in [7, 11) is 6.32. The number of rotatable bonds is 21. The molecular weight excluding hydrogens is 1980 g/mol. The van der Waals surface area contributed by atoms with E-state index >= 15 is 0 Å². The summed E-state index contributed by atoms with van der Waals surface area (Å²) in [6.07, 6.45) is 9.76. The fourth-order valence-corrected chi connectivity index (χ4v) is 19.4. The van der Waals surface area contributed by atoms with E-state index in [1.54, 1.807) is 200 Å². The van der Waals surface area contributed by atoms with Crippen molar-refractivity contribution in [1.29, 1.82) is 5.26 Å². The van der Waals surface area contributed by atoms with Gasteiger partial charge in [0.15, 0.2) is 37.0 Å². The molecule has 0 spiro atoms. The van der Waals surface area contributed by atoms with Crippen LogP contribution in [-0.4, -0.2) is 235 Å². The van der Waals surface area contributed by atoms with Crippen molar-refractivity contribution in [2.24, 2.45) is 11.3 Å². The average Bonchev–Trinajstić information content (AvgIpc) is 1.13. The van der Waals surface area contributed by atoms with E-state index in [4.69, 9.17) is 120 Å². The number of benzene rings is 8. The minimum Gasteiger partial charge on any atom is -0.476 e. The van der Waals surface area contributed by atoms with Crippen LogP contribution in [0.3, 0.4) is 0 Å². The van der Waals surface area contributed by atoms with E-state index in [9.17, 15) is 46.8 Å². The van der Waals surface area contributed by atoms with Crippen LogP contribution >= 0.6 is 46.4 Å². The van der Waals surface area contributed by atoms with Gasteiger partial charge in [-0.3, -0.25) is 29.9 Å². The molecule has 10 heterocycles. The van der Waals surface area contributed by atoms with Crippen molar-refractivity contribution in [3.05, 3.63) is 282 Å². The van der Waals surface area contributed by atoms with Crippen molar-refractivity contribution >= 4 is 110 Å². The Morgan fingerprint density at radius 1 is 0.476 bits per heavy atom. The van der Waals surface area contributed by atoms with Gasteiger partial charge in [-0.2, -0.15) is 15.5 Å². The molecule has 8 aliphatic heterocycles. The second-order valence-electron chi connectivity index (χ2n) is 37.9. The number of piperidine rings is 4. The number of ether oxygens (including phenoxy) is 9. The van der Waals surface area contributed by atoms with Gasteiger partial charge in [0.2, 0.25) is 16.6 Å². The van der Waals surface area contributed by atoms with Gasteiger partial charge in [0.25, 0.3) is 23.6 Å². The number of amides is 5. The second-order valence-corrected chi connectivity index (χ2v) is 39.6. The first kappa shape index (κ1) is 109. The molecule has 18 rings (SSSR count). The molecule has 0 bridgehead atoms. The van der Waals surface area contributed by atoms with E-state index in [1.165, 1.54) is 65.6 Å². The van der Waals surface area contributed by atoms with Gasteiger partial charge >= 0.3 is 6.09 Å². The number of nitrogen functional groups attached to an aromatic ring is 2. The number of nitrogens with zero attached hydrogens (tertiary/aromatic N) is 13. The smallest absolute Gasteiger partial charge is 0.415 e. The normalized spacial score (nSPS) is 18.4. The molecule has 0 radical (unpaired) electrons. The highest BCUT2D eigenvalue weighted by Crippen LogP contribution is 2.46. The average molecular weight is 2100 g/mol. The van der Waals surface area contributed by atoms with Crippen LogP contribution in [-0.2, 0) is 68.5 Å². The molecular formula is C106H115Cl4F4N19O14. The lowest BCUT2D eigenvalue weighted by molar-refractivity contribution is -0.178. The van der Waals surface area contributed by atoms with Gasteiger partial charge < -0.3 is 104 Å². The molecule has 0 saturated carbocycles. The van der Waals surface area contributed by atoms with Crippen molar-refractivity contribution in [1.82, 2.24) is 39.2 Å². The number of hydrogen-bond donors (Lipinski definition) is 6. The molecule has 8 N–H and O–H groups in total. The summed E-state index contributed by atoms with van der Waals surface area (Å²) >= 11 is 25.1. The zero-order valence-electron chi connectivity index (χ0n) is 82.2. The molecule has 4 fully saturated rings. The predicted octanol–water partition coefficient (Wildman–Crippen LogP) is 17.7. The third kappa shape index (κ3) is 27.3. The van der Waals surface area contributed by atoms with Crippen LogP contribution in [0.25, 0.3) is 25.9 Å². The van der Waals surface area contributed by atoms with Gasteiger partial charge in [0.05, 0.1) is 123 Å². The molecule has 2 aromatic heterocycles. The Kier molecular flexibility index (Phi) is 36.0. The molecule has 0 aliphatic carbocycles. The van der Waals surface area contributed by atoms with Crippen LogP contribution in [0, 0.1) is 59.7 Å². The van der Waals surface area contributed by atoms with Crippen molar-refractivity contribution in [3.8, 4) is 40.4 Å². The Hall–Kier alpha value is -13.8. The minimum absolute atomic E-state index is 0.0545. The van der Waals surface area contributed by atoms with Gasteiger partial charge in [-0.25, -0.2) is 51.4 Å². The number of nitrogens with two attached hydrogens (primary N) is 2. The molecule has 4 saturated heterocycles. The summed E-state index contributed by atoms with van der Waals surface area (Å²) in [6, 6.07) is 44.5. The summed E-state index contributed by atoms with van der Waals surface area (Å²) in [6.45, 7) is 33.1. The Labute approximate surface area is 870 Å². The lowest BCUT2D eigenvalue weighted by atomic mass is 9.75. The second kappa shape index (κ2) is 48.7. The summed E-state index contributed by atoms with van der Waals surface area (Å²) in [5.41, 5.74) is 13.6. The molecule has 5 amide bonds. The molecule has 41 heteroatoms. The number of methoxy groups -OCH3 is 4. The molecule has 8 aliphatic rings. The first-order valence-electron chi connectivity index (χ1n) is 47.8. The summed E-state index contributed by atoms with van der Waals surface area (Å²) in [5, 5.41) is 29.7. The highest BCUT2D eigenvalue weighted by atomic mass is 35.5. The third-order valence-electron chi connectivity index (χ3n) is 27.0. The standard InChI is InChI=1S/C27H30ClFN4O4.2C25H23ClFN5O2.C22H23ClFN5O2.C7H16O4/c1-26(2,3)37-25(35)33-16-23(36-22-14-20(30)19(28)13-21(22)33)24(34)32-11-9-27(31-4,10-12-32)15-17-5-7-18(29)8-6-17;1-28-25(15-17-3-5-18(27)6-4-17)7-11-31(12-8-25)24(33)23-16-29-20-13-19(26)21(14-22(20)34-23)32-10-2-9-30-32;26-19-12-20-22(13-21(19)32-9-1-8-30-32)34-23(15-29-20)24(33)31-10-6-25(16-28,7-11-31)14-17-2-4-18(27)5-3-17;1-26-22(12-14-2-4-15(24)5-3-14)6-8-29(9-7-22)21(30)20-13-27-18-10-16(23)17(28-25)11-19(18)31-20;1-8-6(9-2)5-7(10-3)11-4/h5-8,13-14,23H,9-12,15-16,30H2,1-3H3;2-6,9-10,13-14,23,29H,7-8,11-12,15-16H2;1-5,8-9,12-13,23,29H,6-7,10-11,14-15H2;2-5,10-11,20,27-28H,6-9,12-13,25H2;6-7H,5H2,1-4H3. The molecule has 10 aromatic rings. The zero-order chi connectivity index (χ0) is 105. The van der Waals surface area contributed by atoms with Crippen LogP contribution in [0.4, 0.5) is 56.5 Å². The lowest BCUT2D eigenvalue weighted by Gasteiger charge is -2.39.